The van der Waals surface area contributed by atoms with Crippen molar-refractivity contribution in [1.29, 1.82) is 0 Å². The molecule has 1 amide bonds. The van der Waals surface area contributed by atoms with Gasteiger partial charge in [0.2, 0.25) is 0 Å². The quantitative estimate of drug-likeness (QED) is 0.716. The van der Waals surface area contributed by atoms with Crippen molar-refractivity contribution in [2.45, 2.75) is 6.42 Å². The lowest BCUT2D eigenvalue weighted by Gasteiger charge is -2.03. The first-order valence-corrected chi connectivity index (χ1v) is 4.60. The summed E-state index contributed by atoms with van der Waals surface area (Å²) < 4.78 is 9.40. The van der Waals surface area contributed by atoms with Gasteiger partial charge < -0.3 is 14.5 Å². The van der Waals surface area contributed by atoms with E-state index in [2.05, 4.69) is 9.73 Å². The molecule has 0 aromatic carbocycles. The molecule has 0 unspecified atom stereocenters. The molecule has 0 spiro atoms. The lowest BCUT2D eigenvalue weighted by Crippen LogP contribution is -2.25. The summed E-state index contributed by atoms with van der Waals surface area (Å²) in [6, 6.07) is 2.64. The van der Waals surface area contributed by atoms with Crippen LogP contribution in [0.15, 0.2) is 27.6 Å². The first kappa shape index (κ1) is 11.5. The van der Waals surface area contributed by atoms with Gasteiger partial charge in [-0.3, -0.25) is 4.79 Å². The monoisotopic (exact) mass is 211 g/mol. The lowest BCUT2D eigenvalue weighted by molar-refractivity contribution is 0.0946. The Morgan fingerprint density at radius 3 is 2.93 bits per heavy atom. The van der Waals surface area contributed by atoms with Gasteiger partial charge in [0.15, 0.2) is 0 Å². The zero-order valence-corrected chi connectivity index (χ0v) is 8.49. The van der Waals surface area contributed by atoms with Gasteiger partial charge in [0.05, 0.1) is 5.56 Å². The van der Waals surface area contributed by atoms with Crippen LogP contribution in [0.2, 0.25) is 0 Å². The summed E-state index contributed by atoms with van der Waals surface area (Å²) in [5.41, 5.74) is -0.127. The molecule has 0 saturated heterocycles. The SMILES string of the molecule is COCCCNC(=O)c1ccc(=O)oc1. The Morgan fingerprint density at radius 2 is 2.33 bits per heavy atom. The summed E-state index contributed by atoms with van der Waals surface area (Å²) in [6.45, 7) is 1.13. The second-order valence-corrected chi connectivity index (χ2v) is 2.95. The molecular weight excluding hydrogens is 198 g/mol. The Bertz CT molecular complexity index is 351. The van der Waals surface area contributed by atoms with Crippen LogP contribution in [-0.4, -0.2) is 26.2 Å². The van der Waals surface area contributed by atoms with Gasteiger partial charge in [-0.2, -0.15) is 0 Å². The van der Waals surface area contributed by atoms with E-state index in [0.29, 0.717) is 18.7 Å². The van der Waals surface area contributed by atoms with Crippen LogP contribution in [0.1, 0.15) is 16.8 Å². The second kappa shape index (κ2) is 5.98. The van der Waals surface area contributed by atoms with Crippen LogP contribution in [-0.2, 0) is 4.74 Å². The average molecular weight is 211 g/mol. The van der Waals surface area contributed by atoms with Gasteiger partial charge in [0.25, 0.3) is 5.91 Å². The molecule has 0 radical (unpaired) electrons. The molecule has 0 aliphatic carbocycles. The van der Waals surface area contributed by atoms with Crippen LogP contribution >= 0.6 is 0 Å². The fourth-order valence-electron chi connectivity index (χ4n) is 1.01. The van der Waals surface area contributed by atoms with E-state index < -0.39 is 5.63 Å². The van der Waals surface area contributed by atoms with Crippen molar-refractivity contribution >= 4 is 5.91 Å². The van der Waals surface area contributed by atoms with Crippen LogP contribution in [0.4, 0.5) is 0 Å². The molecule has 0 aliphatic heterocycles. The predicted octanol–water partition coefficient (Wildman–Crippen LogP) is 0.406. The number of rotatable bonds is 5. The number of hydrogen-bond donors (Lipinski definition) is 1. The number of methoxy groups -OCH3 is 1. The molecule has 1 aromatic heterocycles. The molecule has 0 aliphatic rings. The number of carbonyl (C=O) groups excluding carboxylic acids is 1. The van der Waals surface area contributed by atoms with Crippen molar-refractivity contribution in [3.8, 4) is 0 Å². The highest BCUT2D eigenvalue weighted by atomic mass is 16.5. The Hall–Kier alpha value is -1.62. The van der Waals surface area contributed by atoms with Crippen LogP contribution in [0, 0.1) is 0 Å². The highest BCUT2D eigenvalue weighted by Crippen LogP contribution is 1.94. The van der Waals surface area contributed by atoms with Crippen molar-refractivity contribution in [2.24, 2.45) is 0 Å². The minimum absolute atomic E-state index is 0.255. The van der Waals surface area contributed by atoms with E-state index in [1.165, 1.54) is 12.1 Å². The van der Waals surface area contributed by atoms with E-state index in [1.54, 1.807) is 7.11 Å². The van der Waals surface area contributed by atoms with Crippen molar-refractivity contribution in [1.82, 2.24) is 5.32 Å². The molecule has 1 N–H and O–H groups in total. The van der Waals surface area contributed by atoms with Gasteiger partial charge in [0.1, 0.15) is 6.26 Å². The molecule has 82 valence electrons. The molecule has 0 atom stereocenters. The topological polar surface area (TPSA) is 68.5 Å². The normalized spacial score (nSPS) is 9.93. The van der Waals surface area contributed by atoms with Gasteiger partial charge in [-0.15, -0.1) is 0 Å². The molecule has 5 nitrogen and oxygen atoms in total. The van der Waals surface area contributed by atoms with Crippen LogP contribution < -0.4 is 10.9 Å². The maximum absolute atomic E-state index is 11.4. The average Bonchev–Trinajstić information content (AvgIpc) is 2.25. The third-order valence-corrected chi connectivity index (χ3v) is 1.77. The molecule has 5 heteroatoms. The Morgan fingerprint density at radius 1 is 1.53 bits per heavy atom. The summed E-state index contributed by atoms with van der Waals surface area (Å²) in [5, 5.41) is 2.67. The zero-order chi connectivity index (χ0) is 11.1. The Kier molecular flexibility index (Phi) is 4.56. The molecule has 0 fully saturated rings. The molecule has 15 heavy (non-hydrogen) atoms. The fourth-order valence-corrected chi connectivity index (χ4v) is 1.01. The Labute approximate surface area is 87.0 Å². The molecule has 1 rings (SSSR count). The molecule has 1 heterocycles. The van der Waals surface area contributed by atoms with E-state index in [4.69, 9.17) is 4.74 Å². The molecule has 1 aromatic rings. The minimum atomic E-state index is -0.467. The van der Waals surface area contributed by atoms with Crippen LogP contribution in [0.5, 0.6) is 0 Å². The van der Waals surface area contributed by atoms with Gasteiger partial charge in [-0.05, 0) is 12.5 Å². The molecule has 0 saturated carbocycles. The van der Waals surface area contributed by atoms with E-state index in [0.717, 1.165) is 12.7 Å². The smallest absolute Gasteiger partial charge is 0.335 e. The maximum Gasteiger partial charge on any atom is 0.335 e. The van der Waals surface area contributed by atoms with Crippen LogP contribution in [0.25, 0.3) is 0 Å². The van der Waals surface area contributed by atoms with E-state index in [1.807, 2.05) is 0 Å². The lowest BCUT2D eigenvalue weighted by atomic mass is 10.3. The molecular formula is C10H13NO4. The van der Waals surface area contributed by atoms with Crippen LogP contribution in [0.3, 0.4) is 0 Å². The third kappa shape index (κ3) is 3.95. The Balaban J connectivity index is 2.40. The van der Waals surface area contributed by atoms with Crippen molar-refractivity contribution in [3.05, 3.63) is 34.4 Å². The number of hydrogen-bond acceptors (Lipinski definition) is 4. The summed E-state index contributed by atoms with van der Waals surface area (Å²) in [6.07, 6.45) is 1.90. The molecule has 0 bridgehead atoms. The highest BCUT2D eigenvalue weighted by molar-refractivity contribution is 5.93. The second-order valence-electron chi connectivity index (χ2n) is 2.95. The number of nitrogens with one attached hydrogen (secondary N) is 1. The standard InChI is InChI=1S/C10H13NO4/c1-14-6-2-5-11-10(13)8-3-4-9(12)15-7-8/h3-4,7H,2,5-6H2,1H3,(H,11,13). The largest absolute Gasteiger partial charge is 0.430 e. The van der Waals surface area contributed by atoms with E-state index in [-0.39, 0.29) is 5.91 Å². The zero-order valence-electron chi connectivity index (χ0n) is 8.49. The van der Waals surface area contributed by atoms with Gasteiger partial charge in [-0.25, -0.2) is 4.79 Å². The predicted molar refractivity (Wildman–Crippen MR) is 53.8 cm³/mol. The number of carbonyl (C=O) groups is 1. The maximum atomic E-state index is 11.4. The van der Waals surface area contributed by atoms with Crippen molar-refractivity contribution in [3.63, 3.8) is 0 Å². The van der Waals surface area contributed by atoms with E-state index in [9.17, 15) is 9.59 Å². The highest BCUT2D eigenvalue weighted by Gasteiger charge is 2.04. The third-order valence-electron chi connectivity index (χ3n) is 1.77. The summed E-state index contributed by atoms with van der Waals surface area (Å²) in [7, 11) is 1.60. The summed E-state index contributed by atoms with van der Waals surface area (Å²) in [5.74, 6) is -0.255. The van der Waals surface area contributed by atoms with Gasteiger partial charge in [0, 0.05) is 26.3 Å². The first-order valence-electron chi connectivity index (χ1n) is 4.60. The van der Waals surface area contributed by atoms with E-state index >= 15 is 0 Å². The number of amides is 1. The fraction of sp³-hybridized carbons (Fsp3) is 0.400. The summed E-state index contributed by atoms with van der Waals surface area (Å²) >= 11 is 0. The summed E-state index contributed by atoms with van der Waals surface area (Å²) in [4.78, 5) is 22.0. The van der Waals surface area contributed by atoms with Crippen molar-refractivity contribution in [2.75, 3.05) is 20.3 Å². The van der Waals surface area contributed by atoms with Crippen molar-refractivity contribution < 1.29 is 13.9 Å². The van der Waals surface area contributed by atoms with Gasteiger partial charge in [-0.1, -0.05) is 0 Å². The first-order chi connectivity index (χ1) is 7.24. The van der Waals surface area contributed by atoms with Gasteiger partial charge >= 0.3 is 5.63 Å². The number of ether oxygens (including phenoxy) is 1. The minimum Gasteiger partial charge on any atom is -0.430 e.